The molecule has 10 heteroatoms. The fourth-order valence-electron chi connectivity index (χ4n) is 3.28. The molecule has 0 saturated carbocycles. The van der Waals surface area contributed by atoms with E-state index in [0.717, 1.165) is 22.3 Å². The maximum Gasteiger partial charge on any atom is 0.306 e. The molecule has 8 nitrogen and oxygen atoms in total. The molecular weight excluding hydrogens is 512 g/mol. The number of benzene rings is 3. The first-order valence-electron chi connectivity index (χ1n) is 11.2. The number of hydrazine groups is 1. The molecule has 3 aromatic rings. The third kappa shape index (κ3) is 7.18. The highest BCUT2D eigenvalue weighted by Crippen LogP contribution is 2.32. The van der Waals surface area contributed by atoms with E-state index in [1.807, 2.05) is 30.3 Å². The summed E-state index contributed by atoms with van der Waals surface area (Å²) in [7, 11) is 0. The highest BCUT2D eigenvalue weighted by Gasteiger charge is 2.33. The van der Waals surface area contributed by atoms with Gasteiger partial charge < -0.3 is 14.6 Å². The van der Waals surface area contributed by atoms with Crippen LogP contribution < -0.4 is 14.9 Å². The van der Waals surface area contributed by atoms with E-state index < -0.39 is 17.8 Å². The number of carboxylic acids is 1. The van der Waals surface area contributed by atoms with Crippen molar-refractivity contribution in [2.45, 2.75) is 13.0 Å². The lowest BCUT2D eigenvalue weighted by Crippen LogP contribution is -2.44. The summed E-state index contributed by atoms with van der Waals surface area (Å²) in [5.41, 5.74) is 4.61. The van der Waals surface area contributed by atoms with E-state index >= 15 is 0 Å². The standard InChI is InChI=1S/C27H22N2O6S2/c30-24(31)13-14-34-22-8-4-7-19(15-22)16-23-26(33)29(27(36)37-23)28-25(32)20-9-11-21(12-10-20)35-17-18-5-2-1-3-6-18/h1-12,15-16H,13-14,17H2,(H,28,32)(H,30,31)/b23-16+. The molecule has 0 aromatic heterocycles. The molecule has 4 rings (SSSR count). The zero-order valence-electron chi connectivity index (χ0n) is 19.5. The average molecular weight is 535 g/mol. The Kier molecular flexibility index (Phi) is 8.55. The van der Waals surface area contributed by atoms with Gasteiger partial charge in [0.2, 0.25) is 0 Å². The third-order valence-corrected chi connectivity index (χ3v) is 6.41. The van der Waals surface area contributed by atoms with Crippen molar-refractivity contribution in [3.63, 3.8) is 0 Å². The summed E-state index contributed by atoms with van der Waals surface area (Å²) in [6.45, 7) is 0.444. The van der Waals surface area contributed by atoms with Crippen molar-refractivity contribution in [1.29, 1.82) is 0 Å². The number of hydrogen-bond donors (Lipinski definition) is 2. The van der Waals surface area contributed by atoms with Gasteiger partial charge >= 0.3 is 5.97 Å². The van der Waals surface area contributed by atoms with Crippen LogP contribution in [0.4, 0.5) is 0 Å². The molecule has 2 amide bonds. The Hall–Kier alpha value is -4.15. The van der Waals surface area contributed by atoms with Crippen LogP contribution in [0.3, 0.4) is 0 Å². The van der Waals surface area contributed by atoms with Gasteiger partial charge in [-0.05, 0) is 65.8 Å². The van der Waals surface area contributed by atoms with E-state index in [2.05, 4.69) is 5.43 Å². The molecule has 0 bridgehead atoms. The summed E-state index contributed by atoms with van der Waals surface area (Å²) in [4.78, 5) is 36.6. The van der Waals surface area contributed by atoms with Crippen molar-refractivity contribution in [2.24, 2.45) is 0 Å². The lowest BCUT2D eigenvalue weighted by atomic mass is 10.2. The third-order valence-electron chi connectivity index (χ3n) is 5.11. The second-order valence-corrected chi connectivity index (χ2v) is 9.50. The molecule has 0 spiro atoms. The minimum absolute atomic E-state index is 0.0348. The molecule has 0 aliphatic carbocycles. The zero-order chi connectivity index (χ0) is 26.2. The van der Waals surface area contributed by atoms with Crippen LogP contribution in [0.2, 0.25) is 0 Å². The van der Waals surface area contributed by atoms with E-state index in [1.54, 1.807) is 54.6 Å². The molecular formula is C27H22N2O6S2. The highest BCUT2D eigenvalue weighted by atomic mass is 32.2. The quantitative estimate of drug-likeness (QED) is 0.286. The van der Waals surface area contributed by atoms with E-state index in [0.29, 0.717) is 34.1 Å². The fraction of sp³-hybridized carbons (Fsp3) is 0.111. The van der Waals surface area contributed by atoms with Crippen molar-refractivity contribution in [1.82, 2.24) is 10.4 Å². The first-order valence-corrected chi connectivity index (χ1v) is 12.4. The van der Waals surface area contributed by atoms with Crippen LogP contribution in [-0.4, -0.2) is 38.8 Å². The Labute approximate surface area is 222 Å². The Morgan fingerprint density at radius 2 is 1.73 bits per heavy atom. The van der Waals surface area contributed by atoms with Crippen LogP contribution in [0, 0.1) is 0 Å². The number of ether oxygens (including phenoxy) is 2. The molecule has 1 aliphatic rings. The smallest absolute Gasteiger partial charge is 0.306 e. The molecule has 0 radical (unpaired) electrons. The van der Waals surface area contributed by atoms with Crippen LogP contribution >= 0.6 is 24.0 Å². The van der Waals surface area contributed by atoms with Gasteiger partial charge in [0.1, 0.15) is 18.1 Å². The lowest BCUT2D eigenvalue weighted by Gasteiger charge is -2.15. The van der Waals surface area contributed by atoms with Crippen LogP contribution in [0.1, 0.15) is 27.9 Å². The summed E-state index contributed by atoms with van der Waals surface area (Å²) in [5.74, 6) is -0.795. The van der Waals surface area contributed by atoms with Gasteiger partial charge in [0.15, 0.2) is 4.32 Å². The Balaban J connectivity index is 1.35. The summed E-state index contributed by atoms with van der Waals surface area (Å²) in [6.07, 6.45) is 1.51. The van der Waals surface area contributed by atoms with E-state index in [-0.39, 0.29) is 17.3 Å². The summed E-state index contributed by atoms with van der Waals surface area (Å²) >= 11 is 6.36. The molecule has 37 heavy (non-hydrogen) atoms. The fourth-order valence-corrected chi connectivity index (χ4v) is 4.45. The van der Waals surface area contributed by atoms with Gasteiger partial charge in [0.25, 0.3) is 11.8 Å². The van der Waals surface area contributed by atoms with E-state index in [9.17, 15) is 14.4 Å². The Morgan fingerprint density at radius 3 is 2.46 bits per heavy atom. The zero-order valence-corrected chi connectivity index (χ0v) is 21.1. The van der Waals surface area contributed by atoms with Crippen molar-refractivity contribution in [2.75, 3.05) is 6.61 Å². The van der Waals surface area contributed by atoms with E-state index in [1.165, 1.54) is 0 Å². The van der Waals surface area contributed by atoms with Gasteiger partial charge in [0, 0.05) is 5.56 Å². The predicted molar refractivity (Wildman–Crippen MR) is 144 cm³/mol. The van der Waals surface area contributed by atoms with Crippen molar-refractivity contribution < 1.29 is 29.0 Å². The van der Waals surface area contributed by atoms with Gasteiger partial charge in [-0.3, -0.25) is 19.8 Å². The van der Waals surface area contributed by atoms with Crippen LogP contribution in [-0.2, 0) is 16.2 Å². The molecule has 1 aliphatic heterocycles. The van der Waals surface area contributed by atoms with Crippen molar-refractivity contribution >= 4 is 52.2 Å². The van der Waals surface area contributed by atoms with Gasteiger partial charge in [-0.15, -0.1) is 0 Å². The molecule has 0 atom stereocenters. The number of carbonyl (C=O) groups is 3. The number of amides is 2. The number of thioether (sulfide) groups is 1. The Morgan fingerprint density at radius 1 is 0.973 bits per heavy atom. The number of thiocarbonyl (C=S) groups is 1. The molecule has 0 unspecified atom stereocenters. The van der Waals surface area contributed by atoms with Gasteiger partial charge in [-0.25, -0.2) is 0 Å². The summed E-state index contributed by atoms with van der Waals surface area (Å²) in [5, 5.41) is 9.78. The molecule has 1 saturated heterocycles. The number of hydrogen-bond acceptors (Lipinski definition) is 7. The monoisotopic (exact) mass is 534 g/mol. The molecule has 1 heterocycles. The minimum atomic E-state index is -0.950. The molecule has 2 N–H and O–H groups in total. The summed E-state index contributed by atoms with van der Waals surface area (Å²) in [6, 6.07) is 23.2. The maximum absolute atomic E-state index is 12.9. The van der Waals surface area contributed by atoms with Crippen molar-refractivity contribution in [3.05, 3.63) is 100 Å². The van der Waals surface area contributed by atoms with Gasteiger partial charge in [0.05, 0.1) is 17.9 Å². The SMILES string of the molecule is O=C(O)CCOc1cccc(/C=C2/SC(=S)N(NC(=O)c3ccc(OCc4ccccc4)cc3)C2=O)c1. The topological polar surface area (TPSA) is 105 Å². The second kappa shape index (κ2) is 12.2. The Bertz CT molecular complexity index is 1340. The molecule has 3 aromatic carbocycles. The molecule has 1 fully saturated rings. The predicted octanol–water partition coefficient (Wildman–Crippen LogP) is 4.67. The number of carbonyl (C=O) groups excluding carboxylic acids is 2. The van der Waals surface area contributed by atoms with Gasteiger partial charge in [-0.2, -0.15) is 5.01 Å². The maximum atomic E-state index is 12.9. The van der Waals surface area contributed by atoms with Crippen LogP contribution in [0.15, 0.2) is 83.8 Å². The first-order chi connectivity index (χ1) is 17.9. The molecule has 188 valence electrons. The number of carboxylic acid groups (broad SMARTS) is 1. The number of aliphatic carboxylic acids is 1. The highest BCUT2D eigenvalue weighted by molar-refractivity contribution is 8.26. The van der Waals surface area contributed by atoms with Gasteiger partial charge in [-0.1, -0.05) is 54.2 Å². The largest absolute Gasteiger partial charge is 0.493 e. The van der Waals surface area contributed by atoms with E-state index in [4.69, 9.17) is 26.8 Å². The summed E-state index contributed by atoms with van der Waals surface area (Å²) < 4.78 is 11.4. The minimum Gasteiger partial charge on any atom is -0.493 e. The number of rotatable bonds is 10. The average Bonchev–Trinajstić information content (AvgIpc) is 3.15. The number of nitrogens with zero attached hydrogens (tertiary/aromatic N) is 1. The number of nitrogens with one attached hydrogen (secondary N) is 1. The van der Waals surface area contributed by atoms with Crippen LogP contribution in [0.5, 0.6) is 11.5 Å². The van der Waals surface area contributed by atoms with Crippen LogP contribution in [0.25, 0.3) is 6.08 Å². The first kappa shape index (κ1) is 25.9. The van der Waals surface area contributed by atoms with Crippen molar-refractivity contribution in [3.8, 4) is 11.5 Å². The second-order valence-electron chi connectivity index (χ2n) is 7.82. The normalized spacial score (nSPS) is 14.1. The lowest BCUT2D eigenvalue weighted by molar-refractivity contribution is -0.137.